The van der Waals surface area contributed by atoms with Gasteiger partial charge in [-0.2, -0.15) is 0 Å². The Morgan fingerprint density at radius 2 is 1.94 bits per heavy atom. The Hall–Kier alpha value is -0.120. The van der Waals surface area contributed by atoms with E-state index in [1.807, 2.05) is 0 Å². The van der Waals surface area contributed by atoms with Crippen LogP contribution in [0.2, 0.25) is 0 Å². The van der Waals surface area contributed by atoms with Gasteiger partial charge in [0.25, 0.3) is 0 Å². The smallest absolute Gasteiger partial charge is 0.0594 e. The molecule has 1 aliphatic heterocycles. The topological polar surface area (TPSA) is 15.7 Å². The number of ether oxygens (including phenoxy) is 1. The van der Waals surface area contributed by atoms with Crippen molar-refractivity contribution in [3.8, 4) is 0 Å². The molecule has 0 radical (unpaired) electrons. The van der Waals surface area contributed by atoms with Crippen molar-refractivity contribution < 1.29 is 4.74 Å². The third-order valence-electron chi connectivity index (χ3n) is 4.28. The van der Waals surface area contributed by atoms with Crippen LogP contribution in [0.4, 0.5) is 0 Å². The summed E-state index contributed by atoms with van der Waals surface area (Å²) in [5.74, 6) is 1.95. The Bertz CT molecular complexity index is 226. The number of rotatable bonds is 6. The molecule has 1 saturated carbocycles. The molecule has 100 valence electrons. The lowest BCUT2D eigenvalue weighted by atomic mass is 10.2. The first-order valence-corrected chi connectivity index (χ1v) is 7.21. The lowest BCUT2D eigenvalue weighted by Crippen LogP contribution is -2.43. The fourth-order valence-corrected chi connectivity index (χ4v) is 2.61. The minimum Gasteiger partial charge on any atom is -0.379 e. The van der Waals surface area contributed by atoms with Gasteiger partial charge in [-0.05, 0) is 32.1 Å². The summed E-state index contributed by atoms with van der Waals surface area (Å²) in [6.07, 6.45) is 1.45. The maximum Gasteiger partial charge on any atom is 0.0594 e. The lowest BCUT2D eigenvalue weighted by Gasteiger charge is -2.32. The van der Waals surface area contributed by atoms with E-state index >= 15 is 0 Å². The third kappa shape index (κ3) is 4.23. The van der Waals surface area contributed by atoms with Gasteiger partial charge in [0.1, 0.15) is 0 Å². The van der Waals surface area contributed by atoms with Gasteiger partial charge in [0.2, 0.25) is 0 Å². The highest BCUT2D eigenvalue weighted by atomic mass is 16.5. The van der Waals surface area contributed by atoms with Gasteiger partial charge >= 0.3 is 0 Å². The van der Waals surface area contributed by atoms with Crippen molar-refractivity contribution in [1.82, 2.24) is 9.80 Å². The minimum absolute atomic E-state index is 0.684. The van der Waals surface area contributed by atoms with Crippen LogP contribution in [-0.2, 0) is 4.74 Å². The molecule has 1 heterocycles. The summed E-state index contributed by atoms with van der Waals surface area (Å²) in [5.41, 5.74) is 0. The maximum atomic E-state index is 5.39. The quantitative estimate of drug-likeness (QED) is 0.702. The molecule has 2 aliphatic rings. The number of hydrogen-bond acceptors (Lipinski definition) is 3. The van der Waals surface area contributed by atoms with Gasteiger partial charge in [0.15, 0.2) is 0 Å². The van der Waals surface area contributed by atoms with Gasteiger partial charge in [-0.3, -0.25) is 9.80 Å². The van der Waals surface area contributed by atoms with Crippen molar-refractivity contribution in [2.24, 2.45) is 11.8 Å². The Balaban J connectivity index is 1.69. The predicted molar refractivity (Wildman–Crippen MR) is 71.2 cm³/mol. The second-order valence-corrected chi connectivity index (χ2v) is 6.02. The highest BCUT2D eigenvalue weighted by Crippen LogP contribution is 2.38. The van der Waals surface area contributed by atoms with E-state index in [1.165, 1.54) is 26.1 Å². The third-order valence-corrected chi connectivity index (χ3v) is 4.28. The van der Waals surface area contributed by atoms with E-state index in [1.54, 1.807) is 0 Å². The van der Waals surface area contributed by atoms with Crippen LogP contribution in [0, 0.1) is 11.8 Å². The van der Waals surface area contributed by atoms with Gasteiger partial charge in [0.05, 0.1) is 13.2 Å². The van der Waals surface area contributed by atoms with Crippen LogP contribution in [0.15, 0.2) is 0 Å². The Morgan fingerprint density at radius 3 is 2.47 bits per heavy atom. The van der Waals surface area contributed by atoms with E-state index < -0.39 is 0 Å². The van der Waals surface area contributed by atoms with Crippen LogP contribution in [0.5, 0.6) is 0 Å². The highest BCUT2D eigenvalue weighted by molar-refractivity contribution is 4.86. The van der Waals surface area contributed by atoms with Crippen molar-refractivity contribution in [3.05, 3.63) is 0 Å². The van der Waals surface area contributed by atoms with E-state index in [0.29, 0.717) is 6.04 Å². The van der Waals surface area contributed by atoms with Crippen molar-refractivity contribution in [2.75, 3.05) is 45.9 Å². The van der Waals surface area contributed by atoms with Gasteiger partial charge < -0.3 is 4.74 Å². The molecule has 0 aromatic rings. The van der Waals surface area contributed by atoms with Crippen LogP contribution < -0.4 is 0 Å². The van der Waals surface area contributed by atoms with E-state index in [2.05, 4.69) is 30.6 Å². The Morgan fingerprint density at radius 1 is 1.29 bits per heavy atom. The normalized spacial score (nSPS) is 30.2. The Labute approximate surface area is 106 Å². The van der Waals surface area contributed by atoms with Crippen molar-refractivity contribution in [2.45, 2.75) is 33.2 Å². The van der Waals surface area contributed by atoms with Crippen molar-refractivity contribution in [3.63, 3.8) is 0 Å². The zero-order chi connectivity index (χ0) is 12.3. The number of nitrogens with zero attached hydrogens (tertiary/aromatic N) is 2. The maximum absolute atomic E-state index is 5.39. The average Bonchev–Trinajstić information content (AvgIpc) is 3.01. The van der Waals surface area contributed by atoms with Crippen LogP contribution in [0.25, 0.3) is 0 Å². The van der Waals surface area contributed by atoms with Crippen LogP contribution in [-0.4, -0.2) is 61.8 Å². The van der Waals surface area contributed by atoms with Gasteiger partial charge in [-0.25, -0.2) is 0 Å². The summed E-state index contributed by atoms with van der Waals surface area (Å²) in [4.78, 5) is 5.19. The van der Waals surface area contributed by atoms with Crippen LogP contribution in [0.3, 0.4) is 0 Å². The number of hydrogen-bond donors (Lipinski definition) is 0. The van der Waals surface area contributed by atoms with Gasteiger partial charge in [-0.15, -0.1) is 0 Å². The van der Waals surface area contributed by atoms with Crippen LogP contribution in [0.1, 0.15) is 27.2 Å². The molecule has 0 N–H and O–H groups in total. The largest absolute Gasteiger partial charge is 0.379 e. The lowest BCUT2D eigenvalue weighted by molar-refractivity contribution is 0.0313. The predicted octanol–water partition coefficient (Wildman–Crippen LogP) is 1.69. The summed E-state index contributed by atoms with van der Waals surface area (Å²) in [7, 11) is 0. The van der Waals surface area contributed by atoms with E-state index in [9.17, 15) is 0 Å². The molecular weight excluding hydrogens is 212 g/mol. The fraction of sp³-hybridized carbons (Fsp3) is 1.00. The molecule has 2 fully saturated rings. The Kier molecular flexibility index (Phi) is 4.83. The molecule has 2 rings (SSSR count). The molecule has 1 saturated heterocycles. The van der Waals surface area contributed by atoms with Gasteiger partial charge in [0, 0.05) is 38.8 Å². The molecular formula is C14H28N2O. The molecule has 0 bridgehead atoms. The van der Waals surface area contributed by atoms with Crippen molar-refractivity contribution in [1.29, 1.82) is 0 Å². The SMILES string of the molecule is CC(C)N(CCN1CCOCC1)C[C@@H]1C[C@H]1C. The van der Waals surface area contributed by atoms with E-state index in [4.69, 9.17) is 4.74 Å². The summed E-state index contributed by atoms with van der Waals surface area (Å²) in [5, 5.41) is 0. The molecule has 0 aromatic heterocycles. The van der Waals surface area contributed by atoms with Crippen molar-refractivity contribution >= 4 is 0 Å². The fourth-order valence-electron chi connectivity index (χ4n) is 2.61. The molecule has 3 nitrogen and oxygen atoms in total. The summed E-state index contributed by atoms with van der Waals surface area (Å²) < 4.78 is 5.39. The minimum atomic E-state index is 0.684. The summed E-state index contributed by atoms with van der Waals surface area (Å²) >= 11 is 0. The van der Waals surface area contributed by atoms with Gasteiger partial charge in [-0.1, -0.05) is 6.92 Å². The monoisotopic (exact) mass is 240 g/mol. The molecule has 2 atom stereocenters. The zero-order valence-corrected chi connectivity index (χ0v) is 11.7. The second-order valence-electron chi connectivity index (χ2n) is 6.02. The molecule has 3 heteroatoms. The van der Waals surface area contributed by atoms with E-state index in [0.717, 1.165) is 38.1 Å². The first kappa shape index (κ1) is 13.3. The molecule has 17 heavy (non-hydrogen) atoms. The molecule has 0 spiro atoms. The number of morpholine rings is 1. The zero-order valence-electron chi connectivity index (χ0n) is 11.7. The molecule has 0 amide bonds. The first-order valence-electron chi connectivity index (χ1n) is 7.21. The highest BCUT2D eigenvalue weighted by Gasteiger charge is 2.34. The summed E-state index contributed by atoms with van der Waals surface area (Å²) in [6, 6.07) is 0.684. The average molecular weight is 240 g/mol. The first-order chi connectivity index (χ1) is 8.16. The standard InChI is InChI=1S/C14H28N2O/c1-12(2)16(11-14-10-13(14)3)5-4-15-6-8-17-9-7-15/h12-14H,4-11H2,1-3H3/t13-,14+/m1/s1. The molecule has 0 aromatic carbocycles. The molecule has 0 unspecified atom stereocenters. The second kappa shape index (κ2) is 6.17. The van der Waals surface area contributed by atoms with Crippen LogP contribution >= 0.6 is 0 Å². The molecule has 1 aliphatic carbocycles. The van der Waals surface area contributed by atoms with E-state index in [-0.39, 0.29) is 0 Å². The summed E-state index contributed by atoms with van der Waals surface area (Å²) in [6.45, 7) is 14.8.